The molecule has 0 fully saturated rings. The van der Waals surface area contributed by atoms with E-state index < -0.39 is 11.8 Å². The molecule has 0 atom stereocenters. The number of aromatic nitrogens is 2. The molecule has 0 radical (unpaired) electrons. The van der Waals surface area contributed by atoms with Gasteiger partial charge in [-0.3, -0.25) is 19.2 Å². The summed E-state index contributed by atoms with van der Waals surface area (Å²) < 4.78 is 86.0. The number of amides is 4. The summed E-state index contributed by atoms with van der Waals surface area (Å²) in [5, 5.41) is 5.53. The number of hydrogen-bond acceptors (Lipinski definition) is 22. The smallest absolute Gasteiger partial charge is 0.274 e. The molecule has 26 nitrogen and oxygen atoms in total. The fraction of sp³-hybridized carbons (Fsp3) is 0.826. The first kappa shape index (κ1) is 66.3. The van der Waals surface area contributed by atoms with Gasteiger partial charge in [-0.1, -0.05) is 0 Å². The Morgan fingerprint density at radius 3 is 0.861 bits per heavy atom. The molecule has 0 saturated carbocycles. The Kier molecular flexibility index (Phi) is 48.1. The summed E-state index contributed by atoms with van der Waals surface area (Å²) >= 11 is 0. The van der Waals surface area contributed by atoms with Crippen LogP contribution in [0.25, 0.3) is 0 Å². The maximum absolute atomic E-state index is 13.3. The minimum atomic E-state index is -0.787. The lowest BCUT2D eigenvalue weighted by Gasteiger charge is -2.23. The zero-order valence-electron chi connectivity index (χ0n) is 42.7. The van der Waals surface area contributed by atoms with Crippen LogP contribution in [0.1, 0.15) is 33.8 Å². The minimum absolute atomic E-state index is 0.0377. The van der Waals surface area contributed by atoms with Crippen LogP contribution in [-0.4, -0.2) is 277 Å². The number of nitrogens with zero attached hydrogens (tertiary/aromatic N) is 3. The number of carbonyl (C=O) groups is 4. The van der Waals surface area contributed by atoms with Crippen LogP contribution in [0.5, 0.6) is 0 Å². The Balaban J connectivity index is 2.09. The van der Waals surface area contributed by atoms with Gasteiger partial charge in [-0.2, -0.15) is 0 Å². The molecular weight excluding hydrogens is 957 g/mol. The summed E-state index contributed by atoms with van der Waals surface area (Å²) in [6, 6.07) is 0. The van der Waals surface area contributed by atoms with Gasteiger partial charge in [0.15, 0.2) is 0 Å². The molecule has 0 aliphatic heterocycles. The number of ether oxygens (including phenoxy) is 16. The molecule has 4 amide bonds. The van der Waals surface area contributed by atoms with Gasteiger partial charge in [0.1, 0.15) is 11.4 Å². The monoisotopic (exact) mass is 1040 g/mol. The first-order valence-electron chi connectivity index (χ1n) is 24.4. The van der Waals surface area contributed by atoms with Crippen LogP contribution >= 0.6 is 0 Å². The van der Waals surface area contributed by atoms with Crippen LogP contribution in [0.15, 0.2) is 12.4 Å². The average Bonchev–Trinajstić information content (AvgIpc) is 3.38. The molecule has 0 aliphatic rings. The first-order chi connectivity index (χ1) is 35.4. The molecule has 1 aromatic heterocycles. The maximum Gasteiger partial charge on any atom is 0.274 e. The Hall–Kier alpha value is -3.68. The second-order valence-corrected chi connectivity index (χ2v) is 14.7. The number of carbonyl (C=O) groups excluding carboxylic acids is 4. The van der Waals surface area contributed by atoms with E-state index in [2.05, 4.69) is 20.6 Å². The summed E-state index contributed by atoms with van der Waals surface area (Å²) in [5.41, 5.74) is 5.11. The number of hydrogen-bond donors (Lipinski definition) is 3. The van der Waals surface area contributed by atoms with E-state index in [0.717, 1.165) is 12.4 Å². The Bertz CT molecular complexity index is 1340. The zero-order chi connectivity index (χ0) is 52.1. The third-order valence-corrected chi connectivity index (χ3v) is 9.09. The van der Waals surface area contributed by atoms with Gasteiger partial charge in [-0.15, -0.1) is 0 Å². The van der Waals surface area contributed by atoms with Gasteiger partial charge in [0.25, 0.3) is 11.8 Å². The maximum atomic E-state index is 13.3. The second-order valence-electron chi connectivity index (χ2n) is 14.7. The predicted octanol–water partition coefficient (Wildman–Crippen LogP) is -1.44. The van der Waals surface area contributed by atoms with Crippen molar-refractivity contribution in [1.29, 1.82) is 0 Å². The molecule has 1 heterocycles. The summed E-state index contributed by atoms with van der Waals surface area (Å²) in [6.45, 7) is 13.4. The fourth-order valence-electron chi connectivity index (χ4n) is 5.34. The molecule has 418 valence electrons. The number of methoxy groups -OCH3 is 2. The molecule has 4 N–H and O–H groups in total. The lowest BCUT2D eigenvalue weighted by atomic mass is 10.3. The van der Waals surface area contributed by atoms with Gasteiger partial charge < -0.3 is 97.1 Å². The van der Waals surface area contributed by atoms with Gasteiger partial charge >= 0.3 is 0 Å². The highest BCUT2D eigenvalue weighted by Crippen LogP contribution is 2.02. The summed E-state index contributed by atoms with van der Waals surface area (Å²) in [6.07, 6.45) is 2.45. The fourth-order valence-corrected chi connectivity index (χ4v) is 5.34. The van der Waals surface area contributed by atoms with Crippen LogP contribution in [0.2, 0.25) is 0 Å². The van der Waals surface area contributed by atoms with Crippen molar-refractivity contribution in [3.05, 3.63) is 23.8 Å². The van der Waals surface area contributed by atoms with Crippen molar-refractivity contribution in [3.8, 4) is 0 Å². The number of rotatable bonds is 56. The van der Waals surface area contributed by atoms with Crippen LogP contribution in [0.4, 0.5) is 0 Å². The summed E-state index contributed by atoms with van der Waals surface area (Å²) in [5.74, 6) is -1.85. The molecular formula is C46H84N6O20. The Morgan fingerprint density at radius 1 is 0.389 bits per heavy atom. The SMILES string of the molecule is COCCOCCOCCOCCOCCOCCOCCOCCC(=O)NCCN(CCNC(=O)CCOCCOCCOCCOCCOCCOCCOCCOC)C(=O)c1cnc(C(N)=O)cn1. The highest BCUT2D eigenvalue weighted by atomic mass is 16.6. The molecule has 0 aromatic carbocycles. The van der Waals surface area contributed by atoms with Crippen molar-refractivity contribution in [2.45, 2.75) is 12.8 Å². The number of nitrogens with two attached hydrogens (primary N) is 1. The van der Waals surface area contributed by atoms with E-state index in [4.69, 9.17) is 81.5 Å². The summed E-state index contributed by atoms with van der Waals surface area (Å²) in [4.78, 5) is 59.0. The van der Waals surface area contributed by atoms with Crippen molar-refractivity contribution < 1.29 is 95.0 Å². The topological polar surface area (TPSA) is 295 Å². The lowest BCUT2D eigenvalue weighted by molar-refractivity contribution is -0.123. The van der Waals surface area contributed by atoms with E-state index in [1.807, 2.05) is 0 Å². The van der Waals surface area contributed by atoms with Gasteiger partial charge in [-0.25, -0.2) is 9.97 Å². The molecule has 0 aliphatic carbocycles. The third-order valence-electron chi connectivity index (χ3n) is 9.09. The molecule has 0 bridgehead atoms. The highest BCUT2D eigenvalue weighted by Gasteiger charge is 2.19. The molecule has 1 aromatic rings. The van der Waals surface area contributed by atoms with E-state index in [9.17, 15) is 19.2 Å². The largest absolute Gasteiger partial charge is 0.382 e. The quantitative estimate of drug-likeness (QED) is 0.0629. The molecule has 72 heavy (non-hydrogen) atoms. The van der Waals surface area contributed by atoms with Gasteiger partial charge in [-0.05, 0) is 0 Å². The Morgan fingerprint density at radius 2 is 0.625 bits per heavy atom. The van der Waals surface area contributed by atoms with E-state index >= 15 is 0 Å². The van der Waals surface area contributed by atoms with Crippen molar-refractivity contribution in [2.24, 2.45) is 5.73 Å². The average molecular weight is 1040 g/mol. The van der Waals surface area contributed by atoms with E-state index in [1.165, 1.54) is 4.90 Å². The third kappa shape index (κ3) is 43.9. The highest BCUT2D eigenvalue weighted by molar-refractivity contribution is 5.94. The van der Waals surface area contributed by atoms with Crippen molar-refractivity contribution in [2.75, 3.05) is 239 Å². The standard InChI is InChI=1S/C46H84N6O20/c1-57-11-13-61-19-21-65-27-29-69-35-37-71-33-31-67-25-23-63-17-15-59-9-3-43(53)48-5-7-52(46(56)42-40-50-41(39-51-42)45(47)55)8-6-49-44(54)4-10-60-16-18-64-24-26-68-32-34-72-38-36-70-30-28-66-22-20-62-14-12-58-2/h39-40H,3-38H2,1-2H3,(H2,47,55)(H,48,53)(H,49,54). The molecule has 0 unspecified atom stereocenters. The zero-order valence-corrected chi connectivity index (χ0v) is 42.7. The van der Waals surface area contributed by atoms with Gasteiger partial charge in [0.05, 0.1) is 211 Å². The first-order valence-corrected chi connectivity index (χ1v) is 24.4. The van der Waals surface area contributed by atoms with Crippen molar-refractivity contribution in [1.82, 2.24) is 25.5 Å². The number of nitrogens with one attached hydrogen (secondary N) is 2. The molecule has 26 heteroatoms. The van der Waals surface area contributed by atoms with Crippen LogP contribution < -0.4 is 16.4 Å². The summed E-state index contributed by atoms with van der Waals surface area (Å²) in [7, 11) is 3.26. The number of primary amides is 1. The van der Waals surface area contributed by atoms with Crippen molar-refractivity contribution >= 4 is 23.6 Å². The van der Waals surface area contributed by atoms with Gasteiger partial charge in [0, 0.05) is 53.2 Å². The van der Waals surface area contributed by atoms with Crippen LogP contribution in [-0.2, 0) is 85.4 Å². The van der Waals surface area contributed by atoms with E-state index in [1.54, 1.807) is 14.2 Å². The van der Waals surface area contributed by atoms with E-state index in [-0.39, 0.29) is 75.4 Å². The normalized spacial score (nSPS) is 11.3. The Labute approximate surface area is 424 Å². The van der Waals surface area contributed by atoms with Crippen LogP contribution in [0, 0.1) is 0 Å². The molecule has 0 saturated heterocycles. The van der Waals surface area contributed by atoms with Crippen molar-refractivity contribution in [3.63, 3.8) is 0 Å². The van der Waals surface area contributed by atoms with E-state index in [0.29, 0.717) is 185 Å². The minimum Gasteiger partial charge on any atom is -0.382 e. The predicted molar refractivity (Wildman–Crippen MR) is 257 cm³/mol. The molecule has 0 spiro atoms. The van der Waals surface area contributed by atoms with Crippen LogP contribution in [0.3, 0.4) is 0 Å². The molecule has 1 rings (SSSR count). The van der Waals surface area contributed by atoms with Gasteiger partial charge in [0.2, 0.25) is 11.8 Å². The second kappa shape index (κ2) is 52.2. The lowest BCUT2D eigenvalue weighted by Crippen LogP contribution is -2.43.